The van der Waals surface area contributed by atoms with Crippen LogP contribution in [-0.2, 0) is 0 Å². The van der Waals surface area contributed by atoms with Gasteiger partial charge in [-0.05, 0) is 19.1 Å². The highest BCUT2D eigenvalue weighted by Gasteiger charge is 1.96. The van der Waals surface area contributed by atoms with Gasteiger partial charge in [0.25, 0.3) is 0 Å². The van der Waals surface area contributed by atoms with E-state index in [1.54, 1.807) is 0 Å². The number of nitrogens with two attached hydrogens (primary N) is 2. The number of pyridine rings is 1. The summed E-state index contributed by atoms with van der Waals surface area (Å²) >= 11 is 0. The second kappa shape index (κ2) is 3.92. The molecule has 0 aromatic carbocycles. The quantitative estimate of drug-likeness (QED) is 0.605. The lowest BCUT2D eigenvalue weighted by atomic mass is 10.3. The Morgan fingerprint density at radius 1 is 1.50 bits per heavy atom. The lowest BCUT2D eigenvalue weighted by molar-refractivity contribution is 1.01. The molecule has 0 aliphatic heterocycles. The van der Waals surface area contributed by atoms with Crippen molar-refractivity contribution < 1.29 is 0 Å². The number of aromatic nitrogens is 1. The van der Waals surface area contributed by atoms with Gasteiger partial charge in [0.1, 0.15) is 5.82 Å². The van der Waals surface area contributed by atoms with Crippen molar-refractivity contribution in [3.8, 4) is 0 Å². The molecule has 1 aromatic heterocycles. The van der Waals surface area contributed by atoms with E-state index in [-0.39, 0.29) is 0 Å². The second-order valence-electron chi connectivity index (χ2n) is 2.59. The third-order valence-corrected chi connectivity index (χ3v) is 1.58. The van der Waals surface area contributed by atoms with Crippen molar-refractivity contribution >= 4 is 11.5 Å². The molecule has 0 aliphatic rings. The Kier molecular flexibility index (Phi) is 2.88. The smallest absolute Gasteiger partial charge is 0.126 e. The van der Waals surface area contributed by atoms with Gasteiger partial charge in [0.2, 0.25) is 0 Å². The van der Waals surface area contributed by atoms with Crippen LogP contribution in [0.15, 0.2) is 12.1 Å². The fourth-order valence-corrected chi connectivity index (χ4v) is 0.871. The molecule has 0 saturated heterocycles. The van der Waals surface area contributed by atoms with Gasteiger partial charge in [-0.15, -0.1) is 0 Å². The topological polar surface area (TPSA) is 77.0 Å². The first-order valence-electron chi connectivity index (χ1n) is 3.91. The molecule has 1 heterocycles. The van der Waals surface area contributed by atoms with Crippen LogP contribution >= 0.6 is 0 Å². The summed E-state index contributed by atoms with van der Waals surface area (Å²) in [7, 11) is 0. The van der Waals surface area contributed by atoms with Crippen molar-refractivity contribution in [1.82, 2.24) is 4.98 Å². The van der Waals surface area contributed by atoms with Crippen LogP contribution in [0.5, 0.6) is 0 Å². The summed E-state index contributed by atoms with van der Waals surface area (Å²) in [6.07, 6.45) is 0. The third-order valence-electron chi connectivity index (χ3n) is 1.58. The van der Waals surface area contributed by atoms with Crippen molar-refractivity contribution in [2.75, 3.05) is 24.1 Å². The molecule has 0 unspecified atom stereocenters. The molecular weight excluding hydrogens is 152 g/mol. The molecule has 1 aromatic rings. The first kappa shape index (κ1) is 8.80. The van der Waals surface area contributed by atoms with E-state index in [9.17, 15) is 0 Å². The maximum Gasteiger partial charge on any atom is 0.126 e. The van der Waals surface area contributed by atoms with Crippen LogP contribution in [0.25, 0.3) is 0 Å². The molecule has 0 aliphatic carbocycles. The molecule has 0 bridgehead atoms. The van der Waals surface area contributed by atoms with Gasteiger partial charge in [0, 0.05) is 13.1 Å². The Morgan fingerprint density at radius 2 is 2.25 bits per heavy atom. The summed E-state index contributed by atoms with van der Waals surface area (Å²) < 4.78 is 0. The SMILES string of the molecule is Cc1nc(NCCN)ccc1N. The minimum absolute atomic E-state index is 0.602. The number of hydrogen-bond acceptors (Lipinski definition) is 4. The molecule has 4 heteroatoms. The lowest BCUT2D eigenvalue weighted by Gasteiger charge is -2.05. The molecule has 0 fully saturated rings. The predicted molar refractivity (Wildman–Crippen MR) is 50.9 cm³/mol. The van der Waals surface area contributed by atoms with E-state index in [1.165, 1.54) is 0 Å². The van der Waals surface area contributed by atoms with Crippen LogP contribution in [-0.4, -0.2) is 18.1 Å². The van der Waals surface area contributed by atoms with E-state index in [1.807, 2.05) is 19.1 Å². The Balaban J connectivity index is 2.69. The van der Waals surface area contributed by atoms with Gasteiger partial charge < -0.3 is 16.8 Å². The zero-order valence-corrected chi connectivity index (χ0v) is 7.17. The number of rotatable bonds is 3. The minimum atomic E-state index is 0.602. The fraction of sp³-hybridized carbons (Fsp3) is 0.375. The van der Waals surface area contributed by atoms with Crippen LogP contribution in [0, 0.1) is 6.92 Å². The Morgan fingerprint density at radius 3 is 2.83 bits per heavy atom. The zero-order valence-electron chi connectivity index (χ0n) is 7.17. The van der Waals surface area contributed by atoms with Crippen LogP contribution < -0.4 is 16.8 Å². The molecule has 0 atom stereocenters. The van der Waals surface area contributed by atoms with Gasteiger partial charge >= 0.3 is 0 Å². The monoisotopic (exact) mass is 166 g/mol. The first-order valence-corrected chi connectivity index (χ1v) is 3.91. The summed E-state index contributed by atoms with van der Waals surface area (Å²) in [6, 6.07) is 3.68. The summed E-state index contributed by atoms with van der Waals surface area (Å²) in [5.41, 5.74) is 12.5. The number of anilines is 2. The lowest BCUT2D eigenvalue weighted by Crippen LogP contribution is -2.14. The number of hydrogen-bond donors (Lipinski definition) is 3. The predicted octanol–water partition coefficient (Wildman–Crippen LogP) is 0.343. The van der Waals surface area contributed by atoms with Crippen molar-refractivity contribution in [1.29, 1.82) is 0 Å². The Hall–Kier alpha value is -1.29. The van der Waals surface area contributed by atoms with E-state index < -0.39 is 0 Å². The molecule has 12 heavy (non-hydrogen) atoms. The molecule has 0 spiro atoms. The molecule has 0 radical (unpaired) electrons. The van der Waals surface area contributed by atoms with E-state index >= 15 is 0 Å². The molecule has 66 valence electrons. The average Bonchev–Trinajstić information content (AvgIpc) is 2.07. The average molecular weight is 166 g/mol. The maximum absolute atomic E-state index is 5.60. The molecule has 5 N–H and O–H groups in total. The van der Waals surface area contributed by atoms with Gasteiger partial charge in [0.15, 0.2) is 0 Å². The maximum atomic E-state index is 5.60. The second-order valence-corrected chi connectivity index (χ2v) is 2.59. The molecule has 4 nitrogen and oxygen atoms in total. The number of nitrogens with zero attached hydrogens (tertiary/aromatic N) is 1. The standard InChI is InChI=1S/C8H14N4/c1-6-7(10)2-3-8(12-6)11-5-4-9/h2-3H,4-5,9-10H2,1H3,(H,11,12). The van der Waals surface area contributed by atoms with E-state index in [0.717, 1.165) is 18.1 Å². The molecule has 0 saturated carbocycles. The highest BCUT2D eigenvalue weighted by Crippen LogP contribution is 2.10. The van der Waals surface area contributed by atoms with E-state index in [0.29, 0.717) is 12.2 Å². The molecular formula is C8H14N4. The van der Waals surface area contributed by atoms with Crippen LogP contribution in [0.3, 0.4) is 0 Å². The fourth-order valence-electron chi connectivity index (χ4n) is 0.871. The van der Waals surface area contributed by atoms with Gasteiger partial charge in [-0.25, -0.2) is 4.98 Å². The van der Waals surface area contributed by atoms with Gasteiger partial charge in [0.05, 0.1) is 11.4 Å². The summed E-state index contributed by atoms with van der Waals surface area (Å²) in [4.78, 5) is 4.22. The number of nitrogen functional groups attached to an aromatic ring is 1. The zero-order chi connectivity index (χ0) is 8.97. The highest BCUT2D eigenvalue weighted by atomic mass is 15.0. The van der Waals surface area contributed by atoms with Crippen molar-refractivity contribution in [2.24, 2.45) is 5.73 Å². The Labute approximate surface area is 72.0 Å². The summed E-state index contributed by atoms with van der Waals surface area (Å²) in [6.45, 7) is 3.21. The van der Waals surface area contributed by atoms with E-state index in [2.05, 4.69) is 10.3 Å². The van der Waals surface area contributed by atoms with Crippen molar-refractivity contribution in [3.63, 3.8) is 0 Å². The van der Waals surface area contributed by atoms with Gasteiger partial charge in [-0.2, -0.15) is 0 Å². The summed E-state index contributed by atoms with van der Waals surface area (Å²) in [5.74, 6) is 0.826. The van der Waals surface area contributed by atoms with E-state index in [4.69, 9.17) is 11.5 Å². The van der Waals surface area contributed by atoms with Crippen LogP contribution in [0.4, 0.5) is 11.5 Å². The Bertz CT molecular complexity index is 259. The number of aryl methyl sites for hydroxylation is 1. The van der Waals surface area contributed by atoms with Gasteiger partial charge in [-0.1, -0.05) is 0 Å². The third kappa shape index (κ3) is 2.10. The molecule has 0 amide bonds. The largest absolute Gasteiger partial charge is 0.397 e. The van der Waals surface area contributed by atoms with Crippen LogP contribution in [0.2, 0.25) is 0 Å². The highest BCUT2D eigenvalue weighted by molar-refractivity contribution is 5.48. The minimum Gasteiger partial charge on any atom is -0.397 e. The van der Waals surface area contributed by atoms with Crippen LogP contribution in [0.1, 0.15) is 5.69 Å². The van der Waals surface area contributed by atoms with Crippen molar-refractivity contribution in [2.45, 2.75) is 6.92 Å². The molecule has 1 rings (SSSR count). The first-order chi connectivity index (χ1) is 5.74. The summed E-state index contributed by atoms with van der Waals surface area (Å²) in [5, 5.41) is 3.07. The number of nitrogens with one attached hydrogen (secondary N) is 1. The van der Waals surface area contributed by atoms with Crippen molar-refractivity contribution in [3.05, 3.63) is 17.8 Å². The normalized spacial score (nSPS) is 9.83. The van der Waals surface area contributed by atoms with Gasteiger partial charge in [-0.3, -0.25) is 0 Å².